The van der Waals surface area contributed by atoms with E-state index in [4.69, 9.17) is 4.42 Å². The zero-order valence-electron chi connectivity index (χ0n) is 21.9. The lowest BCUT2D eigenvalue weighted by Gasteiger charge is -2.11. The first-order valence-corrected chi connectivity index (χ1v) is 12.9. The average Bonchev–Trinajstić information content (AvgIpc) is 3.39. The van der Waals surface area contributed by atoms with Crippen molar-refractivity contribution in [2.45, 2.75) is 94.5 Å². The number of halogens is 1. The number of allylic oxidation sites excluding steroid dienone is 3. The summed E-state index contributed by atoms with van der Waals surface area (Å²) in [6.45, 7) is 19.5. The molecule has 0 atom stereocenters. The second kappa shape index (κ2) is 17.7. The first-order valence-electron chi connectivity index (χ1n) is 12.1. The summed E-state index contributed by atoms with van der Waals surface area (Å²) in [6, 6.07) is 3.96. The van der Waals surface area contributed by atoms with Gasteiger partial charge in [-0.15, -0.1) is 11.3 Å². The van der Waals surface area contributed by atoms with Gasteiger partial charge in [-0.25, -0.2) is 0 Å². The monoisotopic (exact) mass is 463 g/mol. The highest BCUT2D eigenvalue weighted by atomic mass is 32.1. The van der Waals surface area contributed by atoms with Crippen LogP contribution in [0.25, 0.3) is 5.70 Å². The van der Waals surface area contributed by atoms with E-state index >= 15 is 0 Å². The van der Waals surface area contributed by atoms with Gasteiger partial charge in [-0.1, -0.05) is 52.7 Å². The Morgan fingerprint density at radius 1 is 1.19 bits per heavy atom. The largest absolute Gasteiger partial charge is 0.467 e. The molecule has 2 nitrogen and oxygen atoms in total. The van der Waals surface area contributed by atoms with E-state index in [2.05, 4.69) is 59.0 Å². The number of aryl methyl sites for hydroxylation is 1. The van der Waals surface area contributed by atoms with Crippen LogP contribution in [0.1, 0.15) is 94.4 Å². The Morgan fingerprint density at radius 2 is 1.84 bits per heavy atom. The van der Waals surface area contributed by atoms with Gasteiger partial charge in [0.05, 0.1) is 30.1 Å². The van der Waals surface area contributed by atoms with Crippen LogP contribution < -0.4 is 5.32 Å². The van der Waals surface area contributed by atoms with Crippen LogP contribution in [0.4, 0.5) is 4.39 Å². The molecule has 0 aliphatic carbocycles. The van der Waals surface area contributed by atoms with E-state index in [9.17, 15) is 4.39 Å². The second-order valence-corrected chi connectivity index (χ2v) is 9.14. The third-order valence-electron chi connectivity index (χ3n) is 4.90. The highest BCUT2D eigenvalue weighted by Gasteiger charge is 2.15. The van der Waals surface area contributed by atoms with Crippen LogP contribution in [-0.2, 0) is 13.0 Å². The number of unbranched alkanes of at least 4 members (excludes halogenated alkanes) is 1. The van der Waals surface area contributed by atoms with Crippen LogP contribution in [0, 0.1) is 19.8 Å². The fourth-order valence-electron chi connectivity index (χ4n) is 3.02. The topological polar surface area (TPSA) is 25.2 Å². The Kier molecular flexibility index (Phi) is 16.7. The van der Waals surface area contributed by atoms with Gasteiger partial charge >= 0.3 is 0 Å². The zero-order chi connectivity index (χ0) is 24.5. The summed E-state index contributed by atoms with van der Waals surface area (Å²) in [7, 11) is 0. The highest BCUT2D eigenvalue weighted by Crippen LogP contribution is 2.34. The van der Waals surface area contributed by atoms with Crippen LogP contribution >= 0.6 is 11.3 Å². The minimum Gasteiger partial charge on any atom is -0.467 e. The van der Waals surface area contributed by atoms with Gasteiger partial charge in [0.2, 0.25) is 0 Å². The molecular weight excluding hydrogens is 417 g/mol. The SMILES string of the molecule is CC.CCC/C=C(C)/C=C(/NCc1ccco1)c1sc(CCC(C)C)c(C)c1C.CCF. The maximum absolute atomic E-state index is 10.3. The van der Waals surface area contributed by atoms with Crippen molar-refractivity contribution < 1.29 is 8.81 Å². The lowest BCUT2D eigenvalue weighted by atomic mass is 10.0. The number of alkyl halides is 1. The van der Waals surface area contributed by atoms with Gasteiger partial charge < -0.3 is 9.73 Å². The van der Waals surface area contributed by atoms with E-state index in [1.807, 2.05) is 37.3 Å². The molecule has 2 aromatic rings. The molecule has 182 valence electrons. The van der Waals surface area contributed by atoms with E-state index in [-0.39, 0.29) is 6.67 Å². The quantitative estimate of drug-likeness (QED) is 0.355. The third-order valence-corrected chi connectivity index (χ3v) is 6.39. The Labute approximate surface area is 201 Å². The van der Waals surface area contributed by atoms with E-state index in [0.717, 1.165) is 18.1 Å². The molecule has 0 aromatic carbocycles. The second-order valence-electron chi connectivity index (χ2n) is 8.03. The molecule has 0 radical (unpaired) electrons. The molecule has 2 rings (SSSR count). The van der Waals surface area contributed by atoms with E-state index in [1.54, 1.807) is 6.26 Å². The lowest BCUT2D eigenvalue weighted by molar-refractivity contribution is 0.501. The number of nitrogens with one attached hydrogen (secondary N) is 1. The standard InChI is InChI=1S/C24H35NOS.C2H5F.C2H6/c1-7-8-10-18(4)15-22(25-16-21-11-9-14-26-21)24-20(6)19(5)23(27-24)13-12-17(2)3;1-2-3;1-2/h9-11,14-15,17,25H,7-8,12-13,16H2,1-6H3;2H2,1H3;1-2H3/b18-10+,22-15+;;. The Balaban J connectivity index is 0.00000177. The number of thiophene rings is 1. The number of furan rings is 1. The Bertz CT molecular complexity index is 785. The molecule has 2 heterocycles. The highest BCUT2D eigenvalue weighted by molar-refractivity contribution is 7.13. The van der Waals surface area contributed by atoms with Crippen molar-refractivity contribution in [2.24, 2.45) is 5.92 Å². The van der Waals surface area contributed by atoms with Crippen LogP contribution in [0.5, 0.6) is 0 Å². The summed E-state index contributed by atoms with van der Waals surface area (Å²) in [4.78, 5) is 2.89. The fraction of sp³-hybridized carbons (Fsp3) is 0.571. The lowest BCUT2D eigenvalue weighted by Crippen LogP contribution is -2.11. The minimum absolute atomic E-state index is 0.250. The number of rotatable bonds is 10. The van der Waals surface area contributed by atoms with Crippen LogP contribution in [0.15, 0.2) is 40.5 Å². The molecule has 2 aromatic heterocycles. The Hall–Kier alpha value is -1.81. The molecule has 32 heavy (non-hydrogen) atoms. The fourth-order valence-corrected chi connectivity index (χ4v) is 4.34. The van der Waals surface area contributed by atoms with Crippen LogP contribution in [-0.4, -0.2) is 6.67 Å². The molecule has 0 unspecified atom stereocenters. The van der Waals surface area contributed by atoms with Crippen molar-refractivity contribution in [3.05, 3.63) is 62.8 Å². The van der Waals surface area contributed by atoms with Crippen LogP contribution in [0.3, 0.4) is 0 Å². The number of hydrogen-bond donors (Lipinski definition) is 1. The summed E-state index contributed by atoms with van der Waals surface area (Å²) >= 11 is 1.95. The van der Waals surface area contributed by atoms with E-state index < -0.39 is 0 Å². The molecule has 0 bridgehead atoms. The first-order chi connectivity index (χ1) is 15.3. The molecule has 0 spiro atoms. The molecule has 0 saturated carbocycles. The summed E-state index contributed by atoms with van der Waals surface area (Å²) in [6.07, 6.45) is 11.1. The molecular formula is C28H46FNOS. The normalized spacial score (nSPS) is 11.6. The summed E-state index contributed by atoms with van der Waals surface area (Å²) in [5.74, 6) is 1.70. The molecule has 0 saturated heterocycles. The molecule has 4 heteroatoms. The molecule has 1 N–H and O–H groups in total. The smallest absolute Gasteiger partial charge is 0.122 e. The number of hydrogen-bond acceptors (Lipinski definition) is 3. The first kappa shape index (κ1) is 30.2. The van der Waals surface area contributed by atoms with Gasteiger partial charge in [-0.3, -0.25) is 4.39 Å². The van der Waals surface area contributed by atoms with E-state index in [0.29, 0.717) is 6.54 Å². The minimum atomic E-state index is -0.250. The van der Waals surface area contributed by atoms with Gasteiger partial charge in [-0.2, -0.15) is 0 Å². The maximum atomic E-state index is 10.3. The van der Waals surface area contributed by atoms with Crippen molar-refractivity contribution in [2.75, 3.05) is 6.67 Å². The van der Waals surface area contributed by atoms with E-state index in [1.165, 1.54) is 58.3 Å². The van der Waals surface area contributed by atoms with Gasteiger partial charge in [0.25, 0.3) is 0 Å². The summed E-state index contributed by atoms with van der Waals surface area (Å²) in [5.41, 5.74) is 5.38. The van der Waals surface area contributed by atoms with Gasteiger partial charge in [0.1, 0.15) is 5.76 Å². The zero-order valence-corrected chi connectivity index (χ0v) is 22.7. The molecule has 0 aliphatic heterocycles. The van der Waals surface area contributed by atoms with Crippen molar-refractivity contribution in [3.63, 3.8) is 0 Å². The third kappa shape index (κ3) is 11.2. The maximum Gasteiger partial charge on any atom is 0.122 e. The van der Waals surface area contributed by atoms with Crippen molar-refractivity contribution in [1.82, 2.24) is 5.32 Å². The van der Waals surface area contributed by atoms with Gasteiger partial charge in [0.15, 0.2) is 0 Å². The van der Waals surface area contributed by atoms with Gasteiger partial charge in [-0.05, 0) is 82.2 Å². The predicted molar refractivity (Wildman–Crippen MR) is 142 cm³/mol. The predicted octanol–water partition coefficient (Wildman–Crippen LogP) is 9.43. The van der Waals surface area contributed by atoms with Crippen molar-refractivity contribution >= 4 is 17.0 Å². The average molecular weight is 464 g/mol. The van der Waals surface area contributed by atoms with Crippen molar-refractivity contribution in [1.29, 1.82) is 0 Å². The molecule has 0 aliphatic rings. The molecule has 0 fully saturated rings. The van der Waals surface area contributed by atoms with Crippen molar-refractivity contribution in [3.8, 4) is 0 Å². The summed E-state index contributed by atoms with van der Waals surface area (Å²) in [5, 5.41) is 3.63. The molecule has 0 amide bonds. The Morgan fingerprint density at radius 3 is 2.38 bits per heavy atom. The van der Waals surface area contributed by atoms with Gasteiger partial charge in [0, 0.05) is 4.88 Å². The summed E-state index contributed by atoms with van der Waals surface area (Å²) < 4.78 is 15.8. The van der Waals surface area contributed by atoms with Crippen LogP contribution in [0.2, 0.25) is 0 Å².